The molecule has 4 nitrogen and oxygen atoms in total. The molecule has 0 radical (unpaired) electrons. The highest BCUT2D eigenvalue weighted by Gasteiger charge is 2.11. The van der Waals surface area contributed by atoms with Crippen LogP contribution in [0.2, 0.25) is 5.02 Å². The van der Waals surface area contributed by atoms with Gasteiger partial charge in [0.1, 0.15) is 11.6 Å². The average molecular weight is 301 g/mol. The normalized spacial score (nSPS) is 10.9. The number of rotatable bonds is 5. The summed E-state index contributed by atoms with van der Waals surface area (Å²) in [7, 11) is 0. The molecule has 0 aliphatic carbocycles. The predicted octanol–water partition coefficient (Wildman–Crippen LogP) is 2.84. The van der Waals surface area contributed by atoms with Gasteiger partial charge in [-0.05, 0) is 30.7 Å². The summed E-state index contributed by atoms with van der Waals surface area (Å²) >= 11 is 7.49. The second-order valence-electron chi connectivity index (χ2n) is 3.87. The third-order valence-corrected chi connectivity index (χ3v) is 4.04. The summed E-state index contributed by atoms with van der Waals surface area (Å²) in [6.45, 7) is 3.10. The van der Waals surface area contributed by atoms with Gasteiger partial charge < -0.3 is 10.3 Å². The fraction of sp³-hybridized carbons (Fsp3) is 0.333. The number of nitrogens with two attached hydrogens (primary N) is 1. The molecule has 0 aliphatic heterocycles. The quantitative estimate of drug-likeness (QED) is 0.863. The van der Waals surface area contributed by atoms with Crippen LogP contribution in [0.5, 0.6) is 0 Å². The first-order valence-corrected chi connectivity index (χ1v) is 7.21. The van der Waals surface area contributed by atoms with Crippen LogP contribution in [0.4, 0.5) is 4.39 Å². The van der Waals surface area contributed by atoms with E-state index in [1.165, 1.54) is 23.9 Å². The Kier molecular flexibility index (Phi) is 4.79. The van der Waals surface area contributed by atoms with Crippen molar-refractivity contribution in [3.63, 3.8) is 0 Å². The number of nitrogens with zero attached hydrogens (tertiary/aromatic N) is 3. The highest BCUT2D eigenvalue weighted by atomic mass is 35.5. The molecule has 1 heterocycles. The molecule has 0 aliphatic rings. The van der Waals surface area contributed by atoms with E-state index in [9.17, 15) is 4.39 Å². The Morgan fingerprint density at radius 1 is 1.42 bits per heavy atom. The van der Waals surface area contributed by atoms with Gasteiger partial charge in [-0.15, -0.1) is 10.2 Å². The van der Waals surface area contributed by atoms with Gasteiger partial charge in [0.25, 0.3) is 0 Å². The molecule has 2 N–H and O–H groups in total. The summed E-state index contributed by atoms with van der Waals surface area (Å²) in [4.78, 5) is 0. The lowest BCUT2D eigenvalue weighted by Gasteiger charge is -2.07. The van der Waals surface area contributed by atoms with Crippen LogP contribution in [0, 0.1) is 5.82 Å². The van der Waals surface area contributed by atoms with Crippen molar-refractivity contribution in [3.8, 4) is 0 Å². The Labute approximate surface area is 120 Å². The summed E-state index contributed by atoms with van der Waals surface area (Å²) < 4.78 is 15.1. The Morgan fingerprint density at radius 3 is 2.89 bits per heavy atom. The number of aromatic nitrogens is 3. The van der Waals surface area contributed by atoms with Crippen molar-refractivity contribution < 1.29 is 4.39 Å². The first-order valence-electron chi connectivity index (χ1n) is 5.84. The molecule has 1 aromatic carbocycles. The summed E-state index contributed by atoms with van der Waals surface area (Å²) in [5.74, 6) is 0.995. The van der Waals surface area contributed by atoms with Gasteiger partial charge in [-0.1, -0.05) is 23.4 Å². The number of halogens is 2. The minimum atomic E-state index is -0.292. The SMILES string of the molecule is CCn1c(CN)nnc1SCc1cc(F)ccc1Cl. The third-order valence-electron chi connectivity index (χ3n) is 2.66. The van der Waals surface area contributed by atoms with Crippen molar-refractivity contribution in [2.45, 2.75) is 30.9 Å². The van der Waals surface area contributed by atoms with Gasteiger partial charge in [-0.3, -0.25) is 0 Å². The number of hydrogen-bond acceptors (Lipinski definition) is 4. The van der Waals surface area contributed by atoms with E-state index in [4.69, 9.17) is 17.3 Å². The summed E-state index contributed by atoms with van der Waals surface area (Å²) in [5, 5.41) is 9.42. The minimum Gasteiger partial charge on any atom is -0.324 e. The highest BCUT2D eigenvalue weighted by molar-refractivity contribution is 7.98. The maximum Gasteiger partial charge on any atom is 0.191 e. The molecule has 0 saturated heterocycles. The average Bonchev–Trinajstić information content (AvgIpc) is 2.81. The second-order valence-corrected chi connectivity index (χ2v) is 5.22. The lowest BCUT2D eigenvalue weighted by atomic mass is 10.2. The van der Waals surface area contributed by atoms with Crippen molar-refractivity contribution in [2.75, 3.05) is 0 Å². The Bertz CT molecular complexity index is 573. The van der Waals surface area contributed by atoms with Crippen LogP contribution in [0.15, 0.2) is 23.4 Å². The van der Waals surface area contributed by atoms with Crippen molar-refractivity contribution in [1.29, 1.82) is 0 Å². The molecular weight excluding hydrogens is 287 g/mol. The van der Waals surface area contributed by atoms with Gasteiger partial charge in [0.2, 0.25) is 0 Å². The molecule has 2 aromatic rings. The largest absolute Gasteiger partial charge is 0.324 e. The zero-order chi connectivity index (χ0) is 13.8. The van der Waals surface area contributed by atoms with E-state index < -0.39 is 0 Å². The Hall–Kier alpha value is -1.11. The molecule has 2 rings (SSSR count). The summed E-state index contributed by atoms with van der Waals surface area (Å²) in [6.07, 6.45) is 0. The van der Waals surface area contributed by atoms with Crippen molar-refractivity contribution in [1.82, 2.24) is 14.8 Å². The predicted molar refractivity (Wildman–Crippen MR) is 74.6 cm³/mol. The smallest absolute Gasteiger partial charge is 0.191 e. The summed E-state index contributed by atoms with van der Waals surface area (Å²) in [5.41, 5.74) is 6.33. The Morgan fingerprint density at radius 2 is 2.21 bits per heavy atom. The highest BCUT2D eigenvalue weighted by Crippen LogP contribution is 2.26. The summed E-state index contributed by atoms with van der Waals surface area (Å²) in [6, 6.07) is 4.34. The first kappa shape index (κ1) is 14.3. The Balaban J connectivity index is 2.14. The van der Waals surface area contributed by atoms with E-state index in [2.05, 4.69) is 10.2 Å². The first-order chi connectivity index (χ1) is 9.15. The van der Waals surface area contributed by atoms with Crippen LogP contribution in [-0.2, 0) is 18.8 Å². The topological polar surface area (TPSA) is 56.7 Å². The van der Waals surface area contributed by atoms with E-state index in [1.54, 1.807) is 6.07 Å². The van der Waals surface area contributed by atoms with Crippen LogP contribution in [0.25, 0.3) is 0 Å². The monoisotopic (exact) mass is 300 g/mol. The van der Waals surface area contributed by atoms with Gasteiger partial charge in [0.05, 0.1) is 6.54 Å². The van der Waals surface area contributed by atoms with Crippen LogP contribution in [0.1, 0.15) is 18.3 Å². The molecule has 0 bridgehead atoms. The molecule has 7 heteroatoms. The molecule has 0 atom stereocenters. The van der Waals surface area contributed by atoms with Crippen molar-refractivity contribution >= 4 is 23.4 Å². The maximum absolute atomic E-state index is 13.2. The fourth-order valence-electron chi connectivity index (χ4n) is 1.69. The maximum atomic E-state index is 13.2. The van der Waals surface area contributed by atoms with E-state index in [0.717, 1.165) is 23.1 Å². The molecule has 102 valence electrons. The van der Waals surface area contributed by atoms with Crippen LogP contribution in [-0.4, -0.2) is 14.8 Å². The molecule has 1 aromatic heterocycles. The lowest BCUT2D eigenvalue weighted by molar-refractivity contribution is 0.626. The van der Waals surface area contributed by atoms with Gasteiger partial charge in [-0.25, -0.2) is 4.39 Å². The van der Waals surface area contributed by atoms with Crippen LogP contribution < -0.4 is 5.73 Å². The van der Waals surface area contributed by atoms with E-state index in [0.29, 0.717) is 17.3 Å². The molecule has 0 unspecified atom stereocenters. The van der Waals surface area contributed by atoms with Crippen LogP contribution >= 0.6 is 23.4 Å². The zero-order valence-corrected chi connectivity index (χ0v) is 12.0. The second kappa shape index (κ2) is 6.36. The number of thioether (sulfide) groups is 1. The molecule has 0 amide bonds. The lowest BCUT2D eigenvalue weighted by Crippen LogP contribution is -2.08. The molecule has 19 heavy (non-hydrogen) atoms. The number of hydrogen-bond donors (Lipinski definition) is 1. The van der Waals surface area contributed by atoms with Crippen molar-refractivity contribution in [2.24, 2.45) is 5.73 Å². The molecule has 0 spiro atoms. The fourth-order valence-corrected chi connectivity index (χ4v) is 2.97. The number of benzene rings is 1. The molecular formula is C12H14ClFN4S. The zero-order valence-electron chi connectivity index (χ0n) is 10.4. The van der Waals surface area contributed by atoms with Gasteiger partial charge >= 0.3 is 0 Å². The van der Waals surface area contributed by atoms with Gasteiger partial charge in [0, 0.05) is 17.3 Å². The molecule has 0 saturated carbocycles. The molecule has 0 fully saturated rings. The van der Waals surface area contributed by atoms with Crippen molar-refractivity contribution in [3.05, 3.63) is 40.4 Å². The minimum absolute atomic E-state index is 0.292. The third kappa shape index (κ3) is 3.26. The van der Waals surface area contributed by atoms with E-state index in [1.807, 2.05) is 11.5 Å². The van der Waals surface area contributed by atoms with Gasteiger partial charge in [-0.2, -0.15) is 0 Å². The van der Waals surface area contributed by atoms with E-state index >= 15 is 0 Å². The standard InChI is InChI=1S/C12H14ClFN4S/c1-2-18-11(6-15)16-17-12(18)19-7-8-5-9(14)3-4-10(8)13/h3-5H,2,6-7,15H2,1H3. The van der Waals surface area contributed by atoms with E-state index in [-0.39, 0.29) is 5.82 Å². The van der Waals surface area contributed by atoms with Crippen LogP contribution in [0.3, 0.4) is 0 Å². The van der Waals surface area contributed by atoms with Gasteiger partial charge in [0.15, 0.2) is 5.16 Å².